The second kappa shape index (κ2) is 16.4. The minimum Gasteiger partial charge on any atom is -0.391 e. The third-order valence-electron chi connectivity index (χ3n) is 7.20. The Morgan fingerprint density at radius 1 is 0.780 bits per heavy atom. The molecule has 0 fully saturated rings. The van der Waals surface area contributed by atoms with Crippen LogP contribution in [0, 0.1) is 17.8 Å². The number of Topliss-reactive ketones (excluding diaryl/α,β-unsaturated/α-hetero) is 2. The Bertz CT molecular complexity index is 1170. The molecular formula is C32H43N3O6. The highest BCUT2D eigenvalue weighted by Crippen LogP contribution is 2.20. The average Bonchev–Trinajstić information content (AvgIpc) is 2.94. The van der Waals surface area contributed by atoms with Gasteiger partial charge in [0.05, 0.1) is 6.10 Å². The van der Waals surface area contributed by atoms with Crippen molar-refractivity contribution >= 4 is 29.3 Å². The summed E-state index contributed by atoms with van der Waals surface area (Å²) in [5.41, 5.74) is 7.24. The fourth-order valence-corrected chi connectivity index (χ4v) is 4.64. The summed E-state index contributed by atoms with van der Waals surface area (Å²) in [7, 11) is 0. The van der Waals surface area contributed by atoms with Crippen molar-refractivity contribution in [1.29, 1.82) is 0 Å². The number of rotatable bonds is 17. The van der Waals surface area contributed by atoms with Gasteiger partial charge in [-0.2, -0.15) is 0 Å². The zero-order chi connectivity index (χ0) is 30.5. The molecule has 0 unspecified atom stereocenters. The molecule has 0 spiro atoms. The Kier molecular flexibility index (Phi) is 13.4. The smallest absolute Gasteiger partial charge is 0.240 e. The van der Waals surface area contributed by atoms with Gasteiger partial charge in [0.1, 0.15) is 17.9 Å². The minimum absolute atomic E-state index is 0.00485. The van der Waals surface area contributed by atoms with E-state index in [0.29, 0.717) is 6.42 Å². The van der Waals surface area contributed by atoms with Gasteiger partial charge in [-0.25, -0.2) is 0 Å². The quantitative estimate of drug-likeness (QED) is 0.231. The van der Waals surface area contributed by atoms with Crippen molar-refractivity contribution in [2.75, 3.05) is 0 Å². The first-order chi connectivity index (χ1) is 19.4. The van der Waals surface area contributed by atoms with Gasteiger partial charge in [0.25, 0.3) is 0 Å². The van der Waals surface area contributed by atoms with Crippen molar-refractivity contribution in [2.45, 2.75) is 78.0 Å². The Morgan fingerprint density at radius 2 is 1.32 bits per heavy atom. The maximum Gasteiger partial charge on any atom is 0.240 e. The first-order valence-corrected chi connectivity index (χ1v) is 14.1. The molecule has 0 aromatic heterocycles. The molecule has 3 amide bonds. The van der Waals surface area contributed by atoms with E-state index in [9.17, 15) is 29.1 Å². The fourth-order valence-electron chi connectivity index (χ4n) is 4.64. The van der Waals surface area contributed by atoms with Gasteiger partial charge in [-0.1, -0.05) is 81.4 Å². The third-order valence-corrected chi connectivity index (χ3v) is 7.20. The van der Waals surface area contributed by atoms with E-state index in [2.05, 4.69) is 10.6 Å². The normalized spacial score (nSPS) is 14.8. The molecule has 2 aromatic rings. The van der Waals surface area contributed by atoms with Gasteiger partial charge in [0.2, 0.25) is 17.7 Å². The van der Waals surface area contributed by atoms with Crippen molar-refractivity contribution in [3.8, 4) is 0 Å². The summed E-state index contributed by atoms with van der Waals surface area (Å²) in [5.74, 6) is -4.19. The van der Waals surface area contributed by atoms with Crippen molar-refractivity contribution < 1.29 is 29.1 Å². The van der Waals surface area contributed by atoms with Crippen LogP contribution in [0.25, 0.3) is 0 Å². The highest BCUT2D eigenvalue weighted by Gasteiger charge is 2.34. The molecular weight excluding hydrogens is 522 g/mol. The van der Waals surface area contributed by atoms with Crippen LogP contribution in [0.2, 0.25) is 0 Å². The number of carbonyl (C=O) groups is 5. The first kappa shape index (κ1) is 33.4. The minimum atomic E-state index is -1.28. The molecule has 0 aliphatic carbocycles. The average molecular weight is 566 g/mol. The van der Waals surface area contributed by atoms with Crippen molar-refractivity contribution in [2.24, 2.45) is 23.5 Å². The molecule has 5 N–H and O–H groups in total. The molecule has 0 saturated carbocycles. The van der Waals surface area contributed by atoms with Gasteiger partial charge in [-0.3, -0.25) is 24.0 Å². The standard InChI is InChI=1S/C32H43N3O6/c1-5-25(37)18-24(16-22-12-8-6-9-13-22)31(40)35-29(21(4)36)28(38)19-26(20(2)3)32(41)34-27(30(33)39)17-23-14-10-7-11-15-23/h6-15,20-21,24,26-27,29,36H,5,16-19H2,1-4H3,(H2,33,39)(H,34,41)(H,35,40)/t21-,24-,26+,27+,29+/m1/s1. The topological polar surface area (TPSA) is 156 Å². The van der Waals surface area contributed by atoms with E-state index in [1.165, 1.54) is 6.92 Å². The molecule has 0 aliphatic heterocycles. The molecule has 222 valence electrons. The van der Waals surface area contributed by atoms with Gasteiger partial charge < -0.3 is 21.5 Å². The van der Waals surface area contributed by atoms with E-state index in [1.54, 1.807) is 20.8 Å². The zero-order valence-electron chi connectivity index (χ0n) is 24.3. The Labute approximate surface area is 242 Å². The third kappa shape index (κ3) is 10.9. The van der Waals surface area contributed by atoms with Gasteiger partial charge >= 0.3 is 0 Å². The lowest BCUT2D eigenvalue weighted by molar-refractivity contribution is -0.137. The second-order valence-electron chi connectivity index (χ2n) is 10.9. The van der Waals surface area contributed by atoms with E-state index in [-0.39, 0.29) is 37.4 Å². The predicted octanol–water partition coefficient (Wildman–Crippen LogP) is 2.52. The highest BCUT2D eigenvalue weighted by molar-refractivity contribution is 5.95. The van der Waals surface area contributed by atoms with Crippen molar-refractivity contribution in [3.63, 3.8) is 0 Å². The summed E-state index contributed by atoms with van der Waals surface area (Å²) in [6.45, 7) is 6.66. The summed E-state index contributed by atoms with van der Waals surface area (Å²) in [6.07, 6.45) is -0.728. The largest absolute Gasteiger partial charge is 0.391 e. The van der Waals surface area contributed by atoms with Crippen LogP contribution in [0.5, 0.6) is 0 Å². The SMILES string of the molecule is CCC(=O)C[C@@H](Cc1ccccc1)C(=O)N[C@H](C(=O)C[C@H](C(=O)N[C@@H](Cc1ccccc1)C(N)=O)C(C)C)[C@@H](C)O. The molecule has 0 aliphatic rings. The highest BCUT2D eigenvalue weighted by atomic mass is 16.3. The van der Waals surface area contributed by atoms with Crippen LogP contribution in [0.15, 0.2) is 60.7 Å². The summed E-state index contributed by atoms with van der Waals surface area (Å²) in [4.78, 5) is 64.3. The second-order valence-corrected chi connectivity index (χ2v) is 10.9. The number of benzene rings is 2. The maximum atomic E-state index is 13.4. The summed E-state index contributed by atoms with van der Waals surface area (Å²) in [5, 5.41) is 15.8. The van der Waals surface area contributed by atoms with Gasteiger partial charge in [-0.15, -0.1) is 0 Å². The first-order valence-electron chi connectivity index (χ1n) is 14.1. The fraction of sp³-hybridized carbons (Fsp3) is 0.469. The number of carbonyl (C=O) groups excluding carboxylic acids is 5. The van der Waals surface area contributed by atoms with E-state index in [0.717, 1.165) is 11.1 Å². The number of hydrogen-bond donors (Lipinski definition) is 4. The van der Waals surface area contributed by atoms with E-state index < -0.39 is 53.5 Å². The van der Waals surface area contributed by atoms with Crippen LogP contribution in [0.1, 0.15) is 58.1 Å². The molecule has 2 aromatic carbocycles. The lowest BCUT2D eigenvalue weighted by Gasteiger charge is -2.27. The summed E-state index contributed by atoms with van der Waals surface area (Å²) >= 11 is 0. The van der Waals surface area contributed by atoms with Crippen molar-refractivity contribution in [3.05, 3.63) is 71.8 Å². The Morgan fingerprint density at radius 3 is 1.78 bits per heavy atom. The molecule has 9 nitrogen and oxygen atoms in total. The van der Waals surface area contributed by atoms with Gasteiger partial charge in [0, 0.05) is 37.5 Å². The number of aliphatic hydroxyl groups excluding tert-OH is 1. The summed E-state index contributed by atoms with van der Waals surface area (Å²) < 4.78 is 0. The molecule has 9 heteroatoms. The van der Waals surface area contributed by atoms with Crippen LogP contribution in [0.4, 0.5) is 0 Å². The van der Waals surface area contributed by atoms with Crippen LogP contribution < -0.4 is 16.4 Å². The zero-order valence-corrected chi connectivity index (χ0v) is 24.3. The molecule has 2 rings (SSSR count). The molecule has 0 bridgehead atoms. The van der Waals surface area contributed by atoms with E-state index in [1.807, 2.05) is 60.7 Å². The molecule has 5 atom stereocenters. The molecule has 41 heavy (non-hydrogen) atoms. The lowest BCUT2D eigenvalue weighted by atomic mass is 9.86. The number of amides is 3. The lowest BCUT2D eigenvalue weighted by Crippen LogP contribution is -2.52. The number of hydrogen-bond acceptors (Lipinski definition) is 6. The van der Waals surface area contributed by atoms with Gasteiger partial charge in [0.15, 0.2) is 5.78 Å². The number of primary amides is 1. The number of nitrogens with one attached hydrogen (secondary N) is 2. The van der Waals surface area contributed by atoms with E-state index in [4.69, 9.17) is 5.73 Å². The number of aliphatic hydroxyl groups is 1. The molecule has 0 radical (unpaired) electrons. The maximum absolute atomic E-state index is 13.4. The number of ketones is 2. The predicted molar refractivity (Wildman–Crippen MR) is 156 cm³/mol. The molecule has 0 saturated heterocycles. The monoisotopic (exact) mass is 565 g/mol. The number of nitrogens with two attached hydrogens (primary N) is 1. The van der Waals surface area contributed by atoms with Gasteiger partial charge in [-0.05, 0) is 30.4 Å². The molecule has 0 heterocycles. The Balaban J connectivity index is 2.16. The van der Waals surface area contributed by atoms with Crippen LogP contribution in [0.3, 0.4) is 0 Å². The van der Waals surface area contributed by atoms with Crippen LogP contribution in [-0.4, -0.2) is 52.6 Å². The summed E-state index contributed by atoms with van der Waals surface area (Å²) in [6, 6.07) is 16.1. The van der Waals surface area contributed by atoms with Crippen LogP contribution >= 0.6 is 0 Å². The van der Waals surface area contributed by atoms with Crippen molar-refractivity contribution in [1.82, 2.24) is 10.6 Å². The van der Waals surface area contributed by atoms with Crippen LogP contribution in [-0.2, 0) is 36.8 Å². The van der Waals surface area contributed by atoms with E-state index >= 15 is 0 Å². The Hall–Kier alpha value is -3.85.